The molecule has 3 fully saturated rings. The molecule has 1 saturated heterocycles. The van der Waals surface area contributed by atoms with Crippen LogP contribution in [0.4, 0.5) is 4.79 Å². The molecule has 4 unspecified atom stereocenters. The first-order valence-electron chi connectivity index (χ1n) is 7.91. The van der Waals surface area contributed by atoms with E-state index in [1.165, 1.54) is 6.42 Å². The summed E-state index contributed by atoms with van der Waals surface area (Å²) >= 11 is 0. The Morgan fingerprint density at radius 2 is 1.86 bits per heavy atom. The van der Waals surface area contributed by atoms with Gasteiger partial charge in [-0.2, -0.15) is 0 Å². The standard InChI is InChI=1S/C15H26N2O3S/c1-14(2)10-4-6-15(14,3)12(8-10)17-13(18)16-11-5-7-21(19,20)9-11/h10-12H,4-9H2,1-3H3,(H2,16,17,18). The van der Waals surface area contributed by atoms with Crippen molar-refractivity contribution in [1.29, 1.82) is 0 Å². The molecule has 2 aliphatic carbocycles. The third kappa shape index (κ3) is 2.35. The number of rotatable bonds is 2. The van der Waals surface area contributed by atoms with E-state index in [0.29, 0.717) is 12.3 Å². The fraction of sp³-hybridized carbons (Fsp3) is 0.933. The molecule has 21 heavy (non-hydrogen) atoms. The van der Waals surface area contributed by atoms with E-state index in [1.807, 2.05) is 0 Å². The molecule has 3 aliphatic rings. The molecule has 1 heterocycles. The van der Waals surface area contributed by atoms with Gasteiger partial charge < -0.3 is 10.6 Å². The number of sulfone groups is 1. The van der Waals surface area contributed by atoms with Crippen LogP contribution in [-0.2, 0) is 9.84 Å². The van der Waals surface area contributed by atoms with Crippen molar-refractivity contribution in [2.24, 2.45) is 16.7 Å². The Kier molecular flexibility index (Phi) is 3.32. The van der Waals surface area contributed by atoms with Crippen LogP contribution < -0.4 is 10.6 Å². The van der Waals surface area contributed by atoms with E-state index in [0.717, 1.165) is 12.8 Å². The largest absolute Gasteiger partial charge is 0.335 e. The summed E-state index contributed by atoms with van der Waals surface area (Å²) in [6, 6.07) is -0.231. The maximum Gasteiger partial charge on any atom is 0.315 e. The Morgan fingerprint density at radius 3 is 2.33 bits per heavy atom. The summed E-state index contributed by atoms with van der Waals surface area (Å²) in [6.45, 7) is 6.91. The smallest absolute Gasteiger partial charge is 0.315 e. The Balaban J connectivity index is 1.60. The minimum atomic E-state index is -2.95. The Bertz CT molecular complexity index is 557. The van der Waals surface area contributed by atoms with Crippen molar-refractivity contribution in [1.82, 2.24) is 10.6 Å². The molecule has 0 aromatic carbocycles. The lowest BCUT2D eigenvalue weighted by atomic mass is 9.69. The lowest BCUT2D eigenvalue weighted by Crippen LogP contribution is -2.52. The summed E-state index contributed by atoms with van der Waals surface area (Å²) in [7, 11) is -2.95. The monoisotopic (exact) mass is 314 g/mol. The van der Waals surface area contributed by atoms with E-state index in [9.17, 15) is 13.2 Å². The van der Waals surface area contributed by atoms with Gasteiger partial charge in [-0.05, 0) is 42.4 Å². The number of hydrogen-bond donors (Lipinski definition) is 2. The van der Waals surface area contributed by atoms with Gasteiger partial charge in [-0.1, -0.05) is 20.8 Å². The van der Waals surface area contributed by atoms with Gasteiger partial charge in [-0.25, -0.2) is 13.2 Å². The number of urea groups is 1. The minimum Gasteiger partial charge on any atom is -0.335 e. The molecule has 0 spiro atoms. The van der Waals surface area contributed by atoms with Crippen molar-refractivity contribution in [2.45, 2.75) is 58.5 Å². The third-order valence-corrected chi connectivity index (χ3v) is 8.43. The van der Waals surface area contributed by atoms with Crippen LogP contribution in [0.25, 0.3) is 0 Å². The number of amides is 2. The average Bonchev–Trinajstić information content (AvgIpc) is 2.86. The van der Waals surface area contributed by atoms with Gasteiger partial charge in [0.15, 0.2) is 9.84 Å². The highest BCUT2D eigenvalue weighted by atomic mass is 32.2. The van der Waals surface area contributed by atoms with Gasteiger partial charge in [-0.3, -0.25) is 0 Å². The second kappa shape index (κ2) is 4.61. The van der Waals surface area contributed by atoms with Gasteiger partial charge in [-0.15, -0.1) is 0 Å². The first-order valence-corrected chi connectivity index (χ1v) is 9.74. The van der Waals surface area contributed by atoms with Crippen LogP contribution in [0, 0.1) is 16.7 Å². The molecule has 2 saturated carbocycles. The highest BCUT2D eigenvalue weighted by Crippen LogP contribution is 2.65. The molecule has 2 bridgehead atoms. The Hall–Kier alpha value is -0.780. The van der Waals surface area contributed by atoms with Gasteiger partial charge in [0.1, 0.15) is 0 Å². The molecule has 6 heteroatoms. The number of carbonyl (C=O) groups is 1. The van der Waals surface area contributed by atoms with Crippen LogP contribution in [0.15, 0.2) is 0 Å². The zero-order chi connectivity index (χ0) is 15.5. The summed E-state index contributed by atoms with van der Waals surface area (Å²) in [4.78, 5) is 12.2. The molecule has 120 valence electrons. The van der Waals surface area contributed by atoms with Crippen molar-refractivity contribution in [3.8, 4) is 0 Å². The van der Waals surface area contributed by atoms with E-state index in [4.69, 9.17) is 0 Å². The average molecular weight is 314 g/mol. The van der Waals surface area contributed by atoms with Crippen molar-refractivity contribution in [2.75, 3.05) is 11.5 Å². The Labute approximate surface area is 127 Å². The number of hydrogen-bond acceptors (Lipinski definition) is 3. The quantitative estimate of drug-likeness (QED) is 0.814. The maximum atomic E-state index is 12.2. The number of nitrogens with one attached hydrogen (secondary N) is 2. The van der Waals surface area contributed by atoms with Crippen LogP contribution in [0.5, 0.6) is 0 Å². The molecule has 1 aliphatic heterocycles. The molecule has 0 aromatic heterocycles. The van der Waals surface area contributed by atoms with Crippen LogP contribution in [-0.4, -0.2) is 38.0 Å². The van der Waals surface area contributed by atoms with Gasteiger partial charge in [0, 0.05) is 12.1 Å². The Morgan fingerprint density at radius 1 is 1.14 bits per heavy atom. The van der Waals surface area contributed by atoms with Gasteiger partial charge >= 0.3 is 6.03 Å². The maximum absolute atomic E-state index is 12.2. The first kappa shape index (κ1) is 15.1. The number of fused-ring (bicyclic) bond motifs is 2. The summed E-state index contributed by atoms with van der Waals surface area (Å²) in [5.74, 6) is 0.949. The first-order chi connectivity index (χ1) is 9.64. The minimum absolute atomic E-state index is 0.0798. The molecule has 5 nitrogen and oxygen atoms in total. The fourth-order valence-corrected chi connectivity index (χ4v) is 6.39. The molecular formula is C15H26N2O3S. The van der Waals surface area contributed by atoms with Gasteiger partial charge in [0.2, 0.25) is 0 Å². The summed E-state index contributed by atoms with van der Waals surface area (Å²) in [5.41, 5.74) is 0.415. The topological polar surface area (TPSA) is 75.3 Å². The van der Waals surface area contributed by atoms with E-state index in [-0.39, 0.29) is 40.5 Å². The second-order valence-corrected chi connectivity index (χ2v) is 10.1. The SMILES string of the molecule is CC1(C)C2CCC1(C)C(NC(=O)NC1CCS(=O)(=O)C1)C2. The molecule has 0 radical (unpaired) electrons. The normalized spacial score (nSPS) is 42.9. The van der Waals surface area contributed by atoms with Gasteiger partial charge in [0.05, 0.1) is 11.5 Å². The second-order valence-electron chi connectivity index (χ2n) is 7.88. The van der Waals surface area contributed by atoms with Crippen molar-refractivity contribution >= 4 is 15.9 Å². The lowest BCUT2D eigenvalue weighted by molar-refractivity contribution is 0.123. The molecule has 4 atom stereocenters. The summed E-state index contributed by atoms with van der Waals surface area (Å²) in [6.07, 6.45) is 3.99. The van der Waals surface area contributed by atoms with Crippen LogP contribution in [0.1, 0.15) is 46.5 Å². The summed E-state index contributed by atoms with van der Waals surface area (Å²) < 4.78 is 22.9. The number of carbonyl (C=O) groups excluding carboxylic acids is 1. The van der Waals surface area contributed by atoms with E-state index in [1.54, 1.807) is 0 Å². The van der Waals surface area contributed by atoms with Crippen molar-refractivity contribution in [3.05, 3.63) is 0 Å². The molecule has 2 amide bonds. The molecule has 3 rings (SSSR count). The fourth-order valence-electron chi connectivity index (χ4n) is 4.72. The zero-order valence-electron chi connectivity index (χ0n) is 13.1. The van der Waals surface area contributed by atoms with Crippen molar-refractivity contribution in [3.63, 3.8) is 0 Å². The van der Waals surface area contributed by atoms with Crippen LogP contribution >= 0.6 is 0 Å². The van der Waals surface area contributed by atoms with E-state index < -0.39 is 9.84 Å². The van der Waals surface area contributed by atoms with Crippen LogP contribution in [0.3, 0.4) is 0 Å². The third-order valence-electron chi connectivity index (χ3n) is 6.67. The van der Waals surface area contributed by atoms with Gasteiger partial charge in [0.25, 0.3) is 0 Å². The highest BCUT2D eigenvalue weighted by Gasteiger charge is 2.61. The van der Waals surface area contributed by atoms with E-state index >= 15 is 0 Å². The predicted molar refractivity (Wildman–Crippen MR) is 81.7 cm³/mol. The highest BCUT2D eigenvalue weighted by molar-refractivity contribution is 7.91. The van der Waals surface area contributed by atoms with Crippen LogP contribution in [0.2, 0.25) is 0 Å². The molecular weight excluding hydrogens is 288 g/mol. The molecule has 2 N–H and O–H groups in total. The summed E-state index contributed by atoms with van der Waals surface area (Å²) in [5, 5.41) is 5.95. The van der Waals surface area contributed by atoms with Crippen molar-refractivity contribution < 1.29 is 13.2 Å². The molecule has 0 aromatic rings. The van der Waals surface area contributed by atoms with E-state index in [2.05, 4.69) is 31.4 Å². The zero-order valence-corrected chi connectivity index (χ0v) is 13.9. The predicted octanol–water partition coefficient (Wildman–Crippen LogP) is 1.69. The lowest BCUT2D eigenvalue weighted by Gasteiger charge is -2.39.